The van der Waals surface area contributed by atoms with E-state index in [0.29, 0.717) is 11.5 Å². The molecule has 0 saturated heterocycles. The SMILES string of the molecule is CC(=O)Nc1cc([N+](=O)[O-])ccc1Oc1ccccc1. The van der Waals surface area contributed by atoms with Crippen molar-refractivity contribution in [3.05, 3.63) is 58.6 Å². The highest BCUT2D eigenvalue weighted by atomic mass is 16.6. The molecule has 6 nitrogen and oxygen atoms in total. The molecule has 1 N–H and O–H groups in total. The largest absolute Gasteiger partial charge is 0.455 e. The van der Waals surface area contributed by atoms with E-state index in [4.69, 9.17) is 4.74 Å². The van der Waals surface area contributed by atoms with Crippen LogP contribution in [0.2, 0.25) is 0 Å². The van der Waals surface area contributed by atoms with Gasteiger partial charge in [-0.15, -0.1) is 0 Å². The molecule has 6 heteroatoms. The number of hydrogen-bond acceptors (Lipinski definition) is 4. The third kappa shape index (κ3) is 3.32. The molecule has 0 saturated carbocycles. The molecule has 2 rings (SSSR count). The first-order valence-electron chi connectivity index (χ1n) is 5.85. The Labute approximate surface area is 115 Å². The van der Waals surface area contributed by atoms with Crippen LogP contribution in [0, 0.1) is 10.1 Å². The lowest BCUT2D eigenvalue weighted by molar-refractivity contribution is -0.384. The fourth-order valence-electron chi connectivity index (χ4n) is 1.62. The van der Waals surface area contributed by atoms with Crippen LogP contribution in [0.25, 0.3) is 0 Å². The smallest absolute Gasteiger partial charge is 0.271 e. The van der Waals surface area contributed by atoms with Gasteiger partial charge >= 0.3 is 0 Å². The Morgan fingerprint density at radius 2 is 1.90 bits per heavy atom. The predicted molar refractivity (Wildman–Crippen MR) is 73.9 cm³/mol. The van der Waals surface area contributed by atoms with Gasteiger partial charge in [-0.05, 0) is 18.2 Å². The van der Waals surface area contributed by atoms with Crippen LogP contribution in [0.15, 0.2) is 48.5 Å². The molecule has 0 fully saturated rings. The zero-order valence-corrected chi connectivity index (χ0v) is 10.7. The number of benzene rings is 2. The summed E-state index contributed by atoms with van der Waals surface area (Å²) in [5.74, 6) is 0.591. The molecule has 0 aromatic heterocycles. The fraction of sp³-hybridized carbons (Fsp3) is 0.0714. The van der Waals surface area contributed by atoms with Crippen LogP contribution in [-0.4, -0.2) is 10.8 Å². The molecule has 0 unspecified atom stereocenters. The summed E-state index contributed by atoms with van der Waals surface area (Å²) in [6.07, 6.45) is 0. The number of nitro groups is 1. The standard InChI is InChI=1S/C14H12N2O4/c1-10(17)15-13-9-11(16(18)19)7-8-14(13)20-12-5-3-2-4-6-12/h2-9H,1H3,(H,15,17). The predicted octanol–water partition coefficient (Wildman–Crippen LogP) is 3.35. The highest BCUT2D eigenvalue weighted by Crippen LogP contribution is 2.32. The zero-order valence-electron chi connectivity index (χ0n) is 10.7. The van der Waals surface area contributed by atoms with E-state index in [1.807, 2.05) is 6.07 Å². The quantitative estimate of drug-likeness (QED) is 0.683. The van der Waals surface area contributed by atoms with Crippen LogP contribution in [0.5, 0.6) is 11.5 Å². The second-order valence-electron chi connectivity index (χ2n) is 4.03. The molecule has 0 aliphatic heterocycles. The molecule has 1 amide bonds. The van der Waals surface area contributed by atoms with E-state index in [9.17, 15) is 14.9 Å². The van der Waals surface area contributed by atoms with Crippen molar-refractivity contribution in [3.63, 3.8) is 0 Å². The van der Waals surface area contributed by atoms with Crippen molar-refractivity contribution in [3.8, 4) is 11.5 Å². The van der Waals surface area contributed by atoms with Gasteiger partial charge in [0.05, 0.1) is 10.6 Å². The van der Waals surface area contributed by atoms with Crippen LogP contribution in [0.3, 0.4) is 0 Å². The van der Waals surface area contributed by atoms with Gasteiger partial charge in [0.2, 0.25) is 5.91 Å². The van der Waals surface area contributed by atoms with Gasteiger partial charge in [-0.25, -0.2) is 0 Å². The minimum absolute atomic E-state index is 0.117. The van der Waals surface area contributed by atoms with E-state index in [2.05, 4.69) is 5.32 Å². The molecule has 0 atom stereocenters. The first kappa shape index (κ1) is 13.5. The molecule has 0 aliphatic carbocycles. The number of carbonyl (C=O) groups excluding carboxylic acids is 1. The van der Waals surface area contributed by atoms with Gasteiger partial charge < -0.3 is 10.1 Å². The number of nitrogens with one attached hydrogen (secondary N) is 1. The molecule has 0 aliphatic rings. The summed E-state index contributed by atoms with van der Waals surface area (Å²) >= 11 is 0. The molecular weight excluding hydrogens is 260 g/mol. The Morgan fingerprint density at radius 3 is 2.50 bits per heavy atom. The average Bonchev–Trinajstić information content (AvgIpc) is 2.41. The molecule has 2 aromatic carbocycles. The molecule has 0 heterocycles. The van der Waals surface area contributed by atoms with Crippen molar-refractivity contribution >= 4 is 17.3 Å². The molecule has 102 valence electrons. The molecule has 20 heavy (non-hydrogen) atoms. The van der Waals surface area contributed by atoms with Crippen LogP contribution >= 0.6 is 0 Å². The number of carbonyl (C=O) groups is 1. The molecule has 0 spiro atoms. The number of para-hydroxylation sites is 1. The van der Waals surface area contributed by atoms with Crippen LogP contribution in [-0.2, 0) is 4.79 Å². The summed E-state index contributed by atoms with van der Waals surface area (Å²) in [5, 5.41) is 13.3. The number of nitrogens with zero attached hydrogens (tertiary/aromatic N) is 1. The number of non-ortho nitro benzene ring substituents is 1. The first-order valence-corrected chi connectivity index (χ1v) is 5.85. The maximum atomic E-state index is 11.2. The van der Waals surface area contributed by atoms with Crippen molar-refractivity contribution < 1.29 is 14.5 Å². The Balaban J connectivity index is 2.36. The van der Waals surface area contributed by atoms with Gasteiger partial charge in [0, 0.05) is 19.1 Å². The highest BCUT2D eigenvalue weighted by molar-refractivity contribution is 5.91. The van der Waals surface area contributed by atoms with Crippen LogP contribution < -0.4 is 10.1 Å². The second kappa shape index (κ2) is 5.83. The number of ether oxygens (including phenoxy) is 1. The minimum atomic E-state index is -0.530. The Hall–Kier alpha value is -2.89. The van der Waals surface area contributed by atoms with E-state index >= 15 is 0 Å². The van der Waals surface area contributed by atoms with Crippen molar-refractivity contribution in [1.29, 1.82) is 0 Å². The van der Waals surface area contributed by atoms with Crippen LogP contribution in [0.1, 0.15) is 6.92 Å². The Morgan fingerprint density at radius 1 is 1.20 bits per heavy atom. The molecular formula is C14H12N2O4. The first-order chi connectivity index (χ1) is 9.56. The summed E-state index contributed by atoms with van der Waals surface area (Å²) < 4.78 is 5.61. The summed E-state index contributed by atoms with van der Waals surface area (Å²) in [5.41, 5.74) is 0.143. The van der Waals surface area contributed by atoms with Crippen molar-refractivity contribution in [2.75, 3.05) is 5.32 Å². The number of amides is 1. The second-order valence-corrected chi connectivity index (χ2v) is 4.03. The highest BCUT2D eigenvalue weighted by Gasteiger charge is 2.13. The van der Waals surface area contributed by atoms with E-state index in [1.165, 1.54) is 25.1 Å². The number of hydrogen-bond donors (Lipinski definition) is 1. The normalized spacial score (nSPS) is 9.85. The maximum absolute atomic E-state index is 11.2. The van der Waals surface area contributed by atoms with E-state index in [0.717, 1.165) is 0 Å². The fourth-order valence-corrected chi connectivity index (χ4v) is 1.62. The van der Waals surface area contributed by atoms with Crippen molar-refractivity contribution in [2.24, 2.45) is 0 Å². The average molecular weight is 272 g/mol. The monoisotopic (exact) mass is 272 g/mol. The topological polar surface area (TPSA) is 81.5 Å². The lowest BCUT2D eigenvalue weighted by Gasteiger charge is -2.11. The van der Waals surface area contributed by atoms with Crippen LogP contribution in [0.4, 0.5) is 11.4 Å². The number of rotatable bonds is 4. The minimum Gasteiger partial charge on any atom is -0.455 e. The Kier molecular flexibility index (Phi) is 3.95. The van der Waals surface area contributed by atoms with Gasteiger partial charge in [-0.2, -0.15) is 0 Å². The van der Waals surface area contributed by atoms with E-state index in [-0.39, 0.29) is 17.3 Å². The Bertz CT molecular complexity index is 641. The summed E-state index contributed by atoms with van der Waals surface area (Å²) in [6.45, 7) is 1.32. The lowest BCUT2D eigenvalue weighted by atomic mass is 10.2. The van der Waals surface area contributed by atoms with Gasteiger partial charge in [-0.3, -0.25) is 14.9 Å². The maximum Gasteiger partial charge on any atom is 0.271 e. The lowest BCUT2D eigenvalue weighted by Crippen LogP contribution is -2.07. The van der Waals surface area contributed by atoms with Gasteiger partial charge in [0.1, 0.15) is 5.75 Å². The summed E-state index contributed by atoms with van der Waals surface area (Å²) in [4.78, 5) is 21.4. The van der Waals surface area contributed by atoms with Gasteiger partial charge in [-0.1, -0.05) is 18.2 Å². The third-order valence-corrected chi connectivity index (χ3v) is 2.46. The third-order valence-electron chi connectivity index (χ3n) is 2.46. The summed E-state index contributed by atoms with van der Waals surface area (Å²) in [7, 11) is 0. The zero-order chi connectivity index (χ0) is 14.5. The van der Waals surface area contributed by atoms with Gasteiger partial charge in [0.15, 0.2) is 5.75 Å². The molecule has 0 radical (unpaired) electrons. The number of nitro benzene ring substituents is 1. The number of anilines is 1. The van der Waals surface area contributed by atoms with Crippen molar-refractivity contribution in [2.45, 2.75) is 6.92 Å². The summed E-state index contributed by atoms with van der Waals surface area (Å²) in [6, 6.07) is 13.0. The van der Waals surface area contributed by atoms with Crippen molar-refractivity contribution in [1.82, 2.24) is 0 Å². The van der Waals surface area contributed by atoms with Gasteiger partial charge in [0.25, 0.3) is 5.69 Å². The molecule has 0 bridgehead atoms. The molecule has 2 aromatic rings. The van der Waals surface area contributed by atoms with E-state index < -0.39 is 4.92 Å². The van der Waals surface area contributed by atoms with E-state index in [1.54, 1.807) is 24.3 Å².